The van der Waals surface area contributed by atoms with Crippen molar-refractivity contribution in [3.63, 3.8) is 0 Å². The Balaban J connectivity index is 5.11. The fourth-order valence-electron chi connectivity index (χ4n) is 2.11. The van der Waals surface area contributed by atoms with Gasteiger partial charge in [0.2, 0.25) is 11.8 Å². The number of hydrogen-bond acceptors (Lipinski definition) is 2. The molecular weight excluding hydrogens is 240 g/mol. The molecule has 0 saturated carbocycles. The average molecular weight is 268 g/mol. The lowest BCUT2D eigenvalue weighted by Gasteiger charge is -2.28. The molecule has 0 radical (unpaired) electrons. The van der Waals surface area contributed by atoms with Crippen LogP contribution in [0.15, 0.2) is 12.2 Å². The zero-order chi connectivity index (χ0) is 15.2. The minimum absolute atomic E-state index is 0.118. The van der Waals surface area contributed by atoms with Crippen LogP contribution in [-0.4, -0.2) is 17.4 Å². The van der Waals surface area contributed by atoms with Gasteiger partial charge in [0, 0.05) is 11.5 Å². The first-order chi connectivity index (χ1) is 8.58. The van der Waals surface area contributed by atoms with Gasteiger partial charge in [-0.2, -0.15) is 0 Å². The second-order valence-electron chi connectivity index (χ2n) is 6.30. The standard InChI is InChI=1S/C15H28N2O2/c1-7-8-11(13(16)18)12(9-10(2)3)14(19)17-15(4,5)6/h11-12H,2,7-9H2,1,3-6H3,(H2,16,18)(H,17,19)/t11-,12+/m0/s1. The van der Waals surface area contributed by atoms with E-state index in [0.29, 0.717) is 12.8 Å². The molecule has 0 aliphatic carbocycles. The maximum atomic E-state index is 12.4. The van der Waals surface area contributed by atoms with E-state index >= 15 is 0 Å². The van der Waals surface area contributed by atoms with Crippen molar-refractivity contribution >= 4 is 11.8 Å². The first-order valence-electron chi connectivity index (χ1n) is 6.84. The molecule has 2 atom stereocenters. The number of amides is 2. The second-order valence-corrected chi connectivity index (χ2v) is 6.30. The van der Waals surface area contributed by atoms with Gasteiger partial charge in [-0.3, -0.25) is 9.59 Å². The molecule has 0 aliphatic rings. The van der Waals surface area contributed by atoms with Crippen molar-refractivity contribution in [2.45, 2.75) is 59.4 Å². The summed E-state index contributed by atoms with van der Waals surface area (Å²) in [6, 6.07) is 0. The van der Waals surface area contributed by atoms with Gasteiger partial charge in [-0.05, 0) is 40.5 Å². The zero-order valence-corrected chi connectivity index (χ0v) is 12.9. The normalized spacial score (nSPS) is 14.6. The first-order valence-corrected chi connectivity index (χ1v) is 6.84. The van der Waals surface area contributed by atoms with Crippen molar-refractivity contribution in [2.24, 2.45) is 17.6 Å². The number of primary amides is 1. The summed E-state index contributed by atoms with van der Waals surface area (Å²) >= 11 is 0. The number of nitrogens with one attached hydrogen (secondary N) is 1. The van der Waals surface area contributed by atoms with E-state index in [0.717, 1.165) is 12.0 Å². The zero-order valence-electron chi connectivity index (χ0n) is 12.9. The van der Waals surface area contributed by atoms with E-state index in [1.165, 1.54) is 0 Å². The molecule has 4 nitrogen and oxygen atoms in total. The van der Waals surface area contributed by atoms with Gasteiger partial charge in [0.25, 0.3) is 0 Å². The highest BCUT2D eigenvalue weighted by atomic mass is 16.2. The van der Waals surface area contributed by atoms with Gasteiger partial charge in [-0.1, -0.05) is 18.9 Å². The number of hydrogen-bond donors (Lipinski definition) is 2. The second kappa shape index (κ2) is 7.31. The molecule has 0 rings (SSSR count). The van der Waals surface area contributed by atoms with Gasteiger partial charge in [-0.25, -0.2) is 0 Å². The Bertz CT molecular complexity index is 343. The monoisotopic (exact) mass is 268 g/mol. The van der Waals surface area contributed by atoms with Crippen LogP contribution in [0.3, 0.4) is 0 Å². The molecule has 110 valence electrons. The summed E-state index contributed by atoms with van der Waals surface area (Å²) in [6.07, 6.45) is 1.95. The van der Waals surface area contributed by atoms with Gasteiger partial charge >= 0.3 is 0 Å². The summed E-state index contributed by atoms with van der Waals surface area (Å²) < 4.78 is 0. The summed E-state index contributed by atoms with van der Waals surface area (Å²) in [4.78, 5) is 24.0. The Kier molecular flexibility index (Phi) is 6.81. The van der Waals surface area contributed by atoms with Crippen LogP contribution in [0.25, 0.3) is 0 Å². The lowest BCUT2D eigenvalue weighted by Crippen LogP contribution is -2.47. The van der Waals surface area contributed by atoms with E-state index in [-0.39, 0.29) is 11.4 Å². The van der Waals surface area contributed by atoms with Crippen molar-refractivity contribution in [3.8, 4) is 0 Å². The van der Waals surface area contributed by atoms with Crippen LogP contribution < -0.4 is 11.1 Å². The van der Waals surface area contributed by atoms with E-state index in [4.69, 9.17) is 5.73 Å². The Morgan fingerprint density at radius 1 is 1.26 bits per heavy atom. The number of nitrogens with two attached hydrogens (primary N) is 1. The van der Waals surface area contributed by atoms with E-state index in [2.05, 4.69) is 11.9 Å². The first kappa shape index (κ1) is 17.7. The third kappa shape index (κ3) is 6.99. The van der Waals surface area contributed by atoms with Crippen LogP contribution in [0.2, 0.25) is 0 Å². The number of carbonyl (C=O) groups excluding carboxylic acids is 2. The lowest BCUT2D eigenvalue weighted by atomic mass is 9.82. The van der Waals surface area contributed by atoms with Crippen LogP contribution in [0.5, 0.6) is 0 Å². The molecule has 0 aromatic rings. The van der Waals surface area contributed by atoms with Crippen molar-refractivity contribution in [1.29, 1.82) is 0 Å². The van der Waals surface area contributed by atoms with Gasteiger partial charge < -0.3 is 11.1 Å². The minimum atomic E-state index is -0.427. The summed E-state index contributed by atoms with van der Waals surface area (Å²) in [5.74, 6) is -1.37. The summed E-state index contributed by atoms with van der Waals surface area (Å²) in [5, 5.41) is 2.93. The average Bonchev–Trinajstić information content (AvgIpc) is 2.19. The van der Waals surface area contributed by atoms with E-state index in [1.54, 1.807) is 0 Å². The van der Waals surface area contributed by atoms with Crippen LogP contribution in [0.4, 0.5) is 0 Å². The molecule has 0 saturated heterocycles. The Morgan fingerprint density at radius 2 is 1.79 bits per heavy atom. The van der Waals surface area contributed by atoms with E-state index < -0.39 is 17.7 Å². The summed E-state index contributed by atoms with van der Waals surface area (Å²) in [5.41, 5.74) is 6.02. The molecule has 0 aromatic carbocycles. The molecule has 19 heavy (non-hydrogen) atoms. The smallest absolute Gasteiger partial charge is 0.224 e. The highest BCUT2D eigenvalue weighted by molar-refractivity contribution is 5.87. The largest absolute Gasteiger partial charge is 0.369 e. The quantitative estimate of drug-likeness (QED) is 0.696. The van der Waals surface area contributed by atoms with Crippen molar-refractivity contribution in [3.05, 3.63) is 12.2 Å². The minimum Gasteiger partial charge on any atom is -0.369 e. The van der Waals surface area contributed by atoms with E-state index in [1.807, 2.05) is 34.6 Å². The lowest BCUT2D eigenvalue weighted by molar-refractivity contribution is -0.134. The number of allylic oxidation sites excluding steroid dienone is 1. The van der Waals surface area contributed by atoms with Crippen LogP contribution in [0, 0.1) is 11.8 Å². The third-order valence-electron chi connectivity index (χ3n) is 2.85. The van der Waals surface area contributed by atoms with Gasteiger partial charge in [0.15, 0.2) is 0 Å². The van der Waals surface area contributed by atoms with Crippen LogP contribution in [0.1, 0.15) is 53.9 Å². The topological polar surface area (TPSA) is 72.2 Å². The molecular formula is C15H28N2O2. The van der Waals surface area contributed by atoms with Gasteiger partial charge in [0.05, 0.1) is 5.92 Å². The third-order valence-corrected chi connectivity index (χ3v) is 2.85. The molecule has 4 heteroatoms. The molecule has 2 amide bonds. The summed E-state index contributed by atoms with van der Waals surface area (Å²) in [7, 11) is 0. The number of carbonyl (C=O) groups is 2. The number of rotatable bonds is 7. The van der Waals surface area contributed by atoms with Gasteiger partial charge in [0.1, 0.15) is 0 Å². The molecule has 0 heterocycles. The maximum Gasteiger partial charge on any atom is 0.224 e. The van der Waals surface area contributed by atoms with Crippen molar-refractivity contribution in [1.82, 2.24) is 5.32 Å². The molecule has 0 bridgehead atoms. The Morgan fingerprint density at radius 3 is 2.11 bits per heavy atom. The molecule has 0 spiro atoms. The van der Waals surface area contributed by atoms with E-state index in [9.17, 15) is 9.59 Å². The fourth-order valence-corrected chi connectivity index (χ4v) is 2.11. The Labute approximate surface area is 116 Å². The van der Waals surface area contributed by atoms with Crippen LogP contribution >= 0.6 is 0 Å². The van der Waals surface area contributed by atoms with Crippen LogP contribution in [-0.2, 0) is 9.59 Å². The highest BCUT2D eigenvalue weighted by Gasteiger charge is 2.33. The molecule has 0 aromatic heterocycles. The molecule has 0 fully saturated rings. The Hall–Kier alpha value is -1.32. The predicted molar refractivity (Wildman–Crippen MR) is 78.4 cm³/mol. The van der Waals surface area contributed by atoms with Gasteiger partial charge in [-0.15, -0.1) is 6.58 Å². The fraction of sp³-hybridized carbons (Fsp3) is 0.733. The van der Waals surface area contributed by atoms with Crippen molar-refractivity contribution in [2.75, 3.05) is 0 Å². The predicted octanol–water partition coefficient (Wildman–Crippen LogP) is 2.39. The molecule has 0 aliphatic heterocycles. The molecule has 3 N–H and O–H groups in total. The molecule has 0 unspecified atom stereocenters. The SMILES string of the molecule is C=C(C)C[C@@H](C(=O)NC(C)(C)C)[C@H](CCC)C(N)=O. The van der Waals surface area contributed by atoms with Crippen molar-refractivity contribution < 1.29 is 9.59 Å². The summed E-state index contributed by atoms with van der Waals surface area (Å²) in [6.45, 7) is 13.4. The highest BCUT2D eigenvalue weighted by Crippen LogP contribution is 2.25. The maximum absolute atomic E-state index is 12.4.